The van der Waals surface area contributed by atoms with E-state index in [1.165, 1.54) is 99.5 Å². The Balaban J connectivity index is 1.07. The van der Waals surface area contributed by atoms with Gasteiger partial charge in [-0.15, -0.1) is 0 Å². The van der Waals surface area contributed by atoms with Crippen molar-refractivity contribution in [3.8, 4) is 45.5 Å². The topological polar surface area (TPSA) is 48.5 Å². The molecule has 0 aliphatic carbocycles. The Kier molecular flexibility index (Phi) is 6.05. The van der Waals surface area contributed by atoms with Gasteiger partial charge in [0.05, 0.1) is 33.4 Å². The van der Waals surface area contributed by atoms with Crippen molar-refractivity contribution in [1.29, 1.82) is 0 Å². The van der Waals surface area contributed by atoms with Gasteiger partial charge < -0.3 is 9.13 Å². The summed E-state index contributed by atoms with van der Waals surface area (Å²) in [5, 5.41) is 5.03. The number of hydrogen-bond donors (Lipinski definition) is 0. The van der Waals surface area contributed by atoms with Crippen molar-refractivity contribution in [3.05, 3.63) is 172 Å². The lowest BCUT2D eigenvalue weighted by molar-refractivity contribution is 0.593. The van der Waals surface area contributed by atoms with E-state index >= 15 is 0 Å². The summed E-state index contributed by atoms with van der Waals surface area (Å²) in [4.78, 5) is 16.2. The Labute approximate surface area is 360 Å². The molecule has 298 valence electrons. The van der Waals surface area contributed by atoms with E-state index in [0.717, 1.165) is 16.7 Å². The van der Waals surface area contributed by atoms with Crippen LogP contribution >= 0.6 is 0 Å². The van der Waals surface area contributed by atoms with Crippen molar-refractivity contribution in [2.24, 2.45) is 0 Å². The normalized spacial score (nSPS) is 17.2. The van der Waals surface area contributed by atoms with Crippen LogP contribution in [0, 0.1) is 0 Å². The van der Waals surface area contributed by atoms with Gasteiger partial charge in [0.25, 0.3) is 0 Å². The molecule has 5 heteroatoms. The molecule has 0 spiro atoms. The fourth-order valence-electron chi connectivity index (χ4n) is 12.6. The predicted octanol–water partition coefficient (Wildman–Crippen LogP) is 13.6. The second kappa shape index (κ2) is 10.8. The first-order chi connectivity index (χ1) is 29.8. The number of nitrogens with zero attached hydrogens (tertiary/aromatic N) is 5. The summed E-state index contributed by atoms with van der Waals surface area (Å²) >= 11 is 0. The number of fused-ring (bicyclic) bond motifs is 2. The highest BCUT2D eigenvalue weighted by Crippen LogP contribution is 2.58. The Bertz CT molecular complexity index is 3520. The molecule has 0 atom stereocenters. The lowest BCUT2D eigenvalue weighted by atomic mass is 9.68. The van der Waals surface area contributed by atoms with E-state index in [1.807, 2.05) is 0 Å². The van der Waals surface area contributed by atoms with Gasteiger partial charge >= 0.3 is 0 Å². The maximum atomic E-state index is 5.52. The third-order valence-corrected chi connectivity index (χ3v) is 15.9. The first kappa shape index (κ1) is 34.8. The van der Waals surface area contributed by atoms with Crippen molar-refractivity contribution < 1.29 is 0 Å². The lowest BCUT2D eigenvalue weighted by Gasteiger charge is -2.42. The van der Waals surface area contributed by atoms with Gasteiger partial charge in [0.1, 0.15) is 0 Å². The van der Waals surface area contributed by atoms with Crippen molar-refractivity contribution in [3.63, 3.8) is 0 Å². The van der Waals surface area contributed by atoms with Crippen LogP contribution in [-0.4, -0.2) is 24.1 Å². The smallest absolute Gasteiger partial charge is 0.164 e. The van der Waals surface area contributed by atoms with Crippen LogP contribution in [-0.2, 0) is 21.7 Å². The molecule has 3 aromatic heterocycles. The summed E-state index contributed by atoms with van der Waals surface area (Å²) in [5.41, 5.74) is 20.9. The summed E-state index contributed by atoms with van der Waals surface area (Å²) in [6, 6.07) is 47.5. The third-order valence-electron chi connectivity index (χ3n) is 15.9. The summed E-state index contributed by atoms with van der Waals surface area (Å²) < 4.78 is 5.16. The number of rotatable bonds is 3. The van der Waals surface area contributed by atoms with Crippen molar-refractivity contribution in [2.45, 2.75) is 77.0 Å². The van der Waals surface area contributed by atoms with E-state index < -0.39 is 0 Å². The van der Waals surface area contributed by atoms with Gasteiger partial charge in [-0.25, -0.2) is 15.0 Å². The van der Waals surface area contributed by atoms with E-state index in [-0.39, 0.29) is 21.7 Å². The summed E-state index contributed by atoms with van der Waals surface area (Å²) in [5.74, 6) is 2.04. The minimum absolute atomic E-state index is 0.138. The highest BCUT2D eigenvalue weighted by atomic mass is 15.1. The molecule has 7 heterocycles. The highest BCUT2D eigenvalue weighted by Gasteiger charge is 2.45. The lowest BCUT2D eigenvalue weighted by Crippen LogP contribution is -2.33. The molecule has 5 nitrogen and oxygen atoms in total. The van der Waals surface area contributed by atoms with Crippen LogP contribution in [0.5, 0.6) is 0 Å². The zero-order valence-corrected chi connectivity index (χ0v) is 36.4. The van der Waals surface area contributed by atoms with Crippen LogP contribution in [0.1, 0.15) is 99.9 Å². The van der Waals surface area contributed by atoms with Gasteiger partial charge in [-0.2, -0.15) is 0 Å². The maximum absolute atomic E-state index is 5.52. The van der Waals surface area contributed by atoms with E-state index in [4.69, 9.17) is 15.0 Å². The van der Waals surface area contributed by atoms with Gasteiger partial charge in [0.15, 0.2) is 17.5 Å². The SMILES string of the molecule is CC1(C)c2cccc3c2-n2c4c1cccc4c1cc(-c4nc(-c5ccccc5)nc(-c5cc6c7c(c5)c5cccc8c5n7-c5c(cccc5C6(C)C)C8(C)C)n4)cc(c12)C3(C)C. The van der Waals surface area contributed by atoms with Gasteiger partial charge in [0, 0.05) is 59.9 Å². The molecular formula is C57H45N5. The second-order valence-corrected chi connectivity index (χ2v) is 20.5. The fourth-order valence-corrected chi connectivity index (χ4v) is 12.6. The van der Waals surface area contributed by atoms with Crippen LogP contribution in [0.25, 0.3) is 89.2 Å². The van der Waals surface area contributed by atoms with Crippen LogP contribution in [0.3, 0.4) is 0 Å². The molecule has 0 fully saturated rings. The zero-order chi connectivity index (χ0) is 42.0. The van der Waals surface area contributed by atoms with Crippen LogP contribution in [0.4, 0.5) is 0 Å². The molecule has 14 rings (SSSR count). The number of para-hydroxylation sites is 4. The van der Waals surface area contributed by atoms with Crippen molar-refractivity contribution in [2.75, 3.05) is 0 Å². The minimum atomic E-state index is -0.267. The summed E-state index contributed by atoms with van der Waals surface area (Å²) in [7, 11) is 0. The van der Waals surface area contributed by atoms with Gasteiger partial charge in [-0.1, -0.05) is 159 Å². The Hall–Kier alpha value is -6.85. The third kappa shape index (κ3) is 3.87. The summed E-state index contributed by atoms with van der Waals surface area (Å²) in [6.07, 6.45) is 0. The largest absolute Gasteiger partial charge is 0.308 e. The molecule has 0 unspecified atom stereocenters. The number of hydrogen-bond acceptors (Lipinski definition) is 3. The second-order valence-electron chi connectivity index (χ2n) is 20.5. The predicted molar refractivity (Wildman–Crippen MR) is 253 cm³/mol. The molecule has 0 bridgehead atoms. The first-order valence-electron chi connectivity index (χ1n) is 22.1. The molecular weight excluding hydrogens is 755 g/mol. The fraction of sp³-hybridized carbons (Fsp3) is 0.211. The van der Waals surface area contributed by atoms with Crippen molar-refractivity contribution in [1.82, 2.24) is 24.1 Å². The first-order valence-corrected chi connectivity index (χ1v) is 22.1. The average Bonchev–Trinajstić information content (AvgIpc) is 3.80. The Morgan fingerprint density at radius 1 is 0.306 bits per heavy atom. The quantitative estimate of drug-likeness (QED) is 0.179. The van der Waals surface area contributed by atoms with E-state index in [9.17, 15) is 0 Å². The molecule has 10 aromatic rings. The van der Waals surface area contributed by atoms with Gasteiger partial charge in [0.2, 0.25) is 0 Å². The minimum Gasteiger partial charge on any atom is -0.308 e. The Morgan fingerprint density at radius 2 is 0.645 bits per heavy atom. The van der Waals surface area contributed by atoms with Crippen molar-refractivity contribution >= 4 is 43.6 Å². The van der Waals surface area contributed by atoms with Gasteiger partial charge in [-0.05, 0) is 68.8 Å². The molecule has 0 N–H and O–H groups in total. The van der Waals surface area contributed by atoms with Crippen LogP contribution < -0.4 is 0 Å². The number of benzene rings is 7. The molecule has 62 heavy (non-hydrogen) atoms. The molecule has 0 saturated heterocycles. The zero-order valence-electron chi connectivity index (χ0n) is 36.4. The van der Waals surface area contributed by atoms with Crippen LogP contribution in [0.15, 0.2) is 127 Å². The molecule has 0 amide bonds. The summed E-state index contributed by atoms with van der Waals surface area (Å²) in [6.45, 7) is 19.1. The molecule has 4 aliphatic heterocycles. The maximum Gasteiger partial charge on any atom is 0.164 e. The molecule has 0 saturated carbocycles. The standard InChI is InChI=1S/C57H45N5/c1-54(2)37-20-12-18-33-35-26-31(28-43-47(35)61(45(33)37)49-39(54)22-14-24-41(49)56(43,5)6)52-58-51(30-16-10-9-11-17-30)59-53(60-52)32-27-36-34-19-13-21-38-46(34)62-48(36)44(29-32)57(7,8)42-25-15-23-40(50(42)62)55(38,3)4/h9-29H,1-8H3. The van der Waals surface area contributed by atoms with Gasteiger partial charge in [-0.3, -0.25) is 0 Å². The molecule has 0 radical (unpaired) electrons. The van der Waals surface area contributed by atoms with E-state index in [2.05, 4.69) is 192 Å². The average molecular weight is 800 g/mol. The van der Waals surface area contributed by atoms with Crippen LogP contribution in [0.2, 0.25) is 0 Å². The molecule has 4 aliphatic rings. The number of aromatic nitrogens is 5. The highest BCUT2D eigenvalue weighted by molar-refractivity contribution is 6.16. The Morgan fingerprint density at radius 3 is 1.06 bits per heavy atom. The monoisotopic (exact) mass is 799 g/mol. The molecule has 7 aromatic carbocycles. The van der Waals surface area contributed by atoms with E-state index in [1.54, 1.807) is 0 Å². The van der Waals surface area contributed by atoms with E-state index in [0.29, 0.717) is 17.5 Å².